The Morgan fingerprint density at radius 3 is 2.93 bits per heavy atom. The van der Waals surface area contributed by atoms with E-state index in [9.17, 15) is 4.79 Å². The molecule has 1 amide bonds. The molecule has 4 heteroatoms. The topological polar surface area (TPSA) is 52.9 Å². The maximum Gasteiger partial charge on any atom is 0.252 e. The van der Waals surface area contributed by atoms with Crippen molar-refractivity contribution in [3.05, 3.63) is 33.4 Å². The van der Waals surface area contributed by atoms with Crippen LogP contribution in [0.5, 0.6) is 0 Å². The molecule has 0 bridgehead atoms. The van der Waals surface area contributed by atoms with Gasteiger partial charge in [0.15, 0.2) is 0 Å². The minimum atomic E-state index is -0.458. The lowest BCUT2D eigenvalue weighted by Crippen LogP contribution is -2.31. The lowest BCUT2D eigenvalue weighted by molar-refractivity contribution is 0.0948. The number of amides is 1. The highest BCUT2D eigenvalue weighted by atomic mass is 127. The molecule has 72 valence electrons. The Labute approximate surface area is 96.3 Å². The summed E-state index contributed by atoms with van der Waals surface area (Å²) in [5.41, 5.74) is 0.582. The molecule has 14 heavy (non-hydrogen) atoms. The van der Waals surface area contributed by atoms with E-state index in [0.29, 0.717) is 5.56 Å². The van der Waals surface area contributed by atoms with Gasteiger partial charge in [0.25, 0.3) is 5.91 Å². The van der Waals surface area contributed by atoms with Gasteiger partial charge in [0.1, 0.15) is 6.04 Å². The molecule has 1 aromatic carbocycles. The summed E-state index contributed by atoms with van der Waals surface area (Å²) >= 11 is 2.14. The lowest BCUT2D eigenvalue weighted by Gasteiger charge is -2.06. The van der Waals surface area contributed by atoms with Crippen LogP contribution in [0, 0.1) is 14.9 Å². The van der Waals surface area contributed by atoms with Crippen molar-refractivity contribution < 1.29 is 4.79 Å². The normalized spacial score (nSPS) is 11.5. The van der Waals surface area contributed by atoms with Gasteiger partial charge in [0.2, 0.25) is 0 Å². The van der Waals surface area contributed by atoms with E-state index in [-0.39, 0.29) is 5.91 Å². The minimum absolute atomic E-state index is 0.211. The summed E-state index contributed by atoms with van der Waals surface area (Å²) in [6, 6.07) is 8.71. The Kier molecular flexibility index (Phi) is 3.89. The second-order valence-corrected chi connectivity index (χ2v) is 4.08. The average Bonchev–Trinajstić information content (AvgIpc) is 2.17. The molecule has 0 saturated carbocycles. The lowest BCUT2D eigenvalue weighted by atomic mass is 10.2. The van der Waals surface area contributed by atoms with E-state index in [0.717, 1.165) is 3.57 Å². The zero-order valence-electron chi connectivity index (χ0n) is 7.62. The van der Waals surface area contributed by atoms with Crippen molar-refractivity contribution in [2.75, 3.05) is 0 Å². The standard InChI is InChI=1S/C10H9IN2O/c1-7(6-12)13-10(14)8-3-2-4-9(11)5-8/h2-5,7H,1H3,(H,13,14). The summed E-state index contributed by atoms with van der Waals surface area (Å²) in [6.45, 7) is 1.64. The van der Waals surface area contributed by atoms with Crippen LogP contribution in [0.4, 0.5) is 0 Å². The fourth-order valence-electron chi connectivity index (χ4n) is 0.942. The summed E-state index contributed by atoms with van der Waals surface area (Å²) in [4.78, 5) is 11.5. The number of benzene rings is 1. The molecule has 0 heterocycles. The van der Waals surface area contributed by atoms with Crippen molar-refractivity contribution >= 4 is 28.5 Å². The first-order valence-electron chi connectivity index (χ1n) is 4.09. The summed E-state index contributed by atoms with van der Waals surface area (Å²) in [7, 11) is 0. The van der Waals surface area contributed by atoms with Gasteiger partial charge in [-0.3, -0.25) is 4.79 Å². The number of nitriles is 1. The smallest absolute Gasteiger partial charge is 0.252 e. The number of halogens is 1. The second kappa shape index (κ2) is 4.96. The third kappa shape index (κ3) is 3.00. The molecule has 0 aromatic heterocycles. The van der Waals surface area contributed by atoms with Gasteiger partial charge < -0.3 is 5.32 Å². The summed E-state index contributed by atoms with van der Waals surface area (Å²) in [5.74, 6) is -0.211. The van der Waals surface area contributed by atoms with E-state index >= 15 is 0 Å². The van der Waals surface area contributed by atoms with Crippen LogP contribution in [0.2, 0.25) is 0 Å². The predicted octanol–water partition coefficient (Wildman–Crippen LogP) is 1.93. The molecule has 0 fully saturated rings. The largest absolute Gasteiger partial charge is 0.337 e. The van der Waals surface area contributed by atoms with Crippen LogP contribution in [0.15, 0.2) is 24.3 Å². The number of carbonyl (C=O) groups is 1. The maximum absolute atomic E-state index is 11.5. The monoisotopic (exact) mass is 300 g/mol. The van der Waals surface area contributed by atoms with Crippen LogP contribution in [0.1, 0.15) is 17.3 Å². The number of carbonyl (C=O) groups excluding carboxylic acids is 1. The fourth-order valence-corrected chi connectivity index (χ4v) is 1.49. The van der Waals surface area contributed by atoms with E-state index in [1.54, 1.807) is 19.1 Å². The first-order valence-corrected chi connectivity index (χ1v) is 5.17. The molecule has 3 nitrogen and oxygen atoms in total. The van der Waals surface area contributed by atoms with Gasteiger partial charge in [-0.25, -0.2) is 0 Å². The van der Waals surface area contributed by atoms with Crippen molar-refractivity contribution in [3.8, 4) is 6.07 Å². The van der Waals surface area contributed by atoms with Crippen LogP contribution < -0.4 is 5.32 Å². The molecule has 0 spiro atoms. The van der Waals surface area contributed by atoms with Crippen molar-refractivity contribution in [2.45, 2.75) is 13.0 Å². The number of rotatable bonds is 2. The zero-order valence-corrected chi connectivity index (χ0v) is 9.78. The third-order valence-corrected chi connectivity index (χ3v) is 2.30. The summed E-state index contributed by atoms with van der Waals surface area (Å²) in [5, 5.41) is 11.1. The molecule has 0 aliphatic heterocycles. The molecule has 0 saturated heterocycles. The average molecular weight is 300 g/mol. The second-order valence-electron chi connectivity index (χ2n) is 2.83. The number of hydrogen-bond donors (Lipinski definition) is 1. The maximum atomic E-state index is 11.5. The first kappa shape index (κ1) is 11.0. The van der Waals surface area contributed by atoms with E-state index in [1.165, 1.54) is 0 Å². The Morgan fingerprint density at radius 1 is 1.64 bits per heavy atom. The Balaban J connectivity index is 2.76. The van der Waals surface area contributed by atoms with Gasteiger partial charge in [0, 0.05) is 9.13 Å². The Bertz CT molecular complexity index is 384. The van der Waals surface area contributed by atoms with Crippen LogP contribution in [-0.4, -0.2) is 11.9 Å². The van der Waals surface area contributed by atoms with Crippen LogP contribution in [0.3, 0.4) is 0 Å². The number of nitrogens with zero attached hydrogens (tertiary/aromatic N) is 1. The summed E-state index contributed by atoms with van der Waals surface area (Å²) < 4.78 is 1.000. The minimum Gasteiger partial charge on any atom is -0.337 e. The van der Waals surface area contributed by atoms with E-state index in [1.807, 2.05) is 18.2 Å². The summed E-state index contributed by atoms with van der Waals surface area (Å²) in [6.07, 6.45) is 0. The van der Waals surface area contributed by atoms with Crippen LogP contribution in [-0.2, 0) is 0 Å². The highest BCUT2D eigenvalue weighted by Gasteiger charge is 2.08. The first-order chi connectivity index (χ1) is 6.63. The number of nitrogens with one attached hydrogen (secondary N) is 1. The molecule has 1 unspecified atom stereocenters. The zero-order chi connectivity index (χ0) is 10.6. The molecule has 1 rings (SSSR count). The molecular formula is C10H9IN2O. The Hall–Kier alpha value is -1.09. The van der Waals surface area contributed by atoms with Gasteiger partial charge in [-0.15, -0.1) is 0 Å². The highest BCUT2D eigenvalue weighted by Crippen LogP contribution is 2.07. The van der Waals surface area contributed by atoms with Crippen molar-refractivity contribution in [1.82, 2.24) is 5.32 Å². The van der Waals surface area contributed by atoms with E-state index in [4.69, 9.17) is 5.26 Å². The van der Waals surface area contributed by atoms with Gasteiger partial charge in [0.05, 0.1) is 6.07 Å². The van der Waals surface area contributed by atoms with Gasteiger partial charge in [-0.2, -0.15) is 5.26 Å². The molecule has 1 atom stereocenters. The fraction of sp³-hybridized carbons (Fsp3) is 0.200. The van der Waals surface area contributed by atoms with Gasteiger partial charge in [-0.05, 0) is 47.7 Å². The van der Waals surface area contributed by atoms with Crippen molar-refractivity contribution in [2.24, 2.45) is 0 Å². The van der Waals surface area contributed by atoms with Gasteiger partial charge >= 0.3 is 0 Å². The molecule has 0 aliphatic rings. The highest BCUT2D eigenvalue weighted by molar-refractivity contribution is 14.1. The van der Waals surface area contributed by atoms with Crippen molar-refractivity contribution in [1.29, 1.82) is 5.26 Å². The van der Waals surface area contributed by atoms with E-state index < -0.39 is 6.04 Å². The molecular weight excluding hydrogens is 291 g/mol. The molecule has 0 aliphatic carbocycles. The van der Waals surface area contributed by atoms with Crippen LogP contribution in [0.25, 0.3) is 0 Å². The van der Waals surface area contributed by atoms with E-state index in [2.05, 4.69) is 27.9 Å². The van der Waals surface area contributed by atoms with Gasteiger partial charge in [-0.1, -0.05) is 6.07 Å². The predicted molar refractivity (Wildman–Crippen MR) is 61.7 cm³/mol. The molecule has 0 radical (unpaired) electrons. The quantitative estimate of drug-likeness (QED) is 0.849. The van der Waals surface area contributed by atoms with Crippen LogP contribution >= 0.6 is 22.6 Å². The van der Waals surface area contributed by atoms with Crippen molar-refractivity contribution in [3.63, 3.8) is 0 Å². The SMILES string of the molecule is CC(C#N)NC(=O)c1cccc(I)c1. The number of hydrogen-bond acceptors (Lipinski definition) is 2. The molecule has 1 aromatic rings. The molecule has 1 N–H and O–H groups in total. The third-order valence-electron chi connectivity index (χ3n) is 1.63. The Morgan fingerprint density at radius 2 is 2.36 bits per heavy atom.